The van der Waals surface area contributed by atoms with Crippen LogP contribution >= 0.6 is 0 Å². The molecule has 0 fully saturated rings. The molecule has 0 aromatic rings. The Morgan fingerprint density at radius 1 is 1.38 bits per heavy atom. The number of rotatable bonds is 7. The standard InChI is InChI=1S/C12H25NO3/c1-7-12(5,8-2)16-11(15-6)9(3)13-10(4)14/h9,11H,7-8H2,1-6H3,(H,13,14)/t9-,11?/m0/s1. The normalized spacial score (nSPS) is 15.6. The van der Waals surface area contributed by atoms with E-state index in [0.29, 0.717) is 0 Å². The molecule has 4 nitrogen and oxygen atoms in total. The van der Waals surface area contributed by atoms with Crippen molar-refractivity contribution < 1.29 is 14.3 Å². The van der Waals surface area contributed by atoms with Gasteiger partial charge in [0.1, 0.15) is 0 Å². The molecule has 0 aromatic heterocycles. The molecular weight excluding hydrogens is 206 g/mol. The molecule has 16 heavy (non-hydrogen) atoms. The van der Waals surface area contributed by atoms with Crippen LogP contribution in [-0.4, -0.2) is 30.9 Å². The number of nitrogens with one attached hydrogen (secondary N) is 1. The molecule has 0 rings (SSSR count). The van der Waals surface area contributed by atoms with Gasteiger partial charge in [-0.1, -0.05) is 13.8 Å². The predicted octanol–water partition coefficient (Wildman–Crippen LogP) is 2.08. The summed E-state index contributed by atoms with van der Waals surface area (Å²) in [6.45, 7) is 9.58. The summed E-state index contributed by atoms with van der Waals surface area (Å²) in [5, 5.41) is 2.78. The van der Waals surface area contributed by atoms with Crippen molar-refractivity contribution in [3.63, 3.8) is 0 Å². The topological polar surface area (TPSA) is 47.6 Å². The van der Waals surface area contributed by atoms with Gasteiger partial charge in [0.25, 0.3) is 0 Å². The van der Waals surface area contributed by atoms with Crippen LogP contribution in [0.3, 0.4) is 0 Å². The molecule has 1 unspecified atom stereocenters. The molecule has 4 heteroatoms. The Kier molecular flexibility index (Phi) is 6.60. The Morgan fingerprint density at radius 2 is 1.88 bits per heavy atom. The molecule has 0 saturated carbocycles. The number of carbonyl (C=O) groups excluding carboxylic acids is 1. The third kappa shape index (κ3) is 4.94. The molecule has 1 amide bonds. The number of amides is 1. The smallest absolute Gasteiger partial charge is 0.217 e. The van der Waals surface area contributed by atoms with Gasteiger partial charge in [0.2, 0.25) is 5.91 Å². The van der Waals surface area contributed by atoms with Crippen LogP contribution in [0.5, 0.6) is 0 Å². The molecule has 0 radical (unpaired) electrons. The Balaban J connectivity index is 4.43. The van der Waals surface area contributed by atoms with Crippen molar-refractivity contribution in [2.45, 2.75) is 65.4 Å². The van der Waals surface area contributed by atoms with Crippen molar-refractivity contribution in [1.29, 1.82) is 0 Å². The zero-order valence-corrected chi connectivity index (χ0v) is 11.3. The van der Waals surface area contributed by atoms with E-state index in [1.807, 2.05) is 6.92 Å². The first-order valence-electron chi connectivity index (χ1n) is 5.86. The summed E-state index contributed by atoms with van der Waals surface area (Å²) < 4.78 is 11.2. The second-order valence-corrected chi connectivity index (χ2v) is 4.37. The molecule has 0 aliphatic heterocycles. The third-order valence-corrected chi connectivity index (χ3v) is 2.97. The molecule has 0 aliphatic carbocycles. The van der Waals surface area contributed by atoms with Crippen LogP contribution in [0, 0.1) is 0 Å². The lowest BCUT2D eigenvalue weighted by molar-refractivity contribution is -0.207. The minimum Gasteiger partial charge on any atom is -0.354 e. The zero-order chi connectivity index (χ0) is 12.8. The van der Waals surface area contributed by atoms with Gasteiger partial charge in [0.15, 0.2) is 6.29 Å². The van der Waals surface area contributed by atoms with E-state index < -0.39 is 6.29 Å². The molecule has 2 atom stereocenters. The summed E-state index contributed by atoms with van der Waals surface area (Å²) in [6, 6.07) is -0.153. The number of carbonyl (C=O) groups is 1. The Hall–Kier alpha value is -0.610. The van der Waals surface area contributed by atoms with Crippen LogP contribution < -0.4 is 5.32 Å². The summed E-state index contributed by atoms with van der Waals surface area (Å²) in [6.07, 6.45) is 1.42. The average molecular weight is 231 g/mol. The van der Waals surface area contributed by atoms with E-state index in [2.05, 4.69) is 26.1 Å². The largest absolute Gasteiger partial charge is 0.354 e. The van der Waals surface area contributed by atoms with Gasteiger partial charge in [0.05, 0.1) is 11.6 Å². The van der Waals surface area contributed by atoms with Gasteiger partial charge in [-0.05, 0) is 26.7 Å². The lowest BCUT2D eigenvalue weighted by atomic mass is 10.00. The van der Waals surface area contributed by atoms with E-state index in [1.165, 1.54) is 6.92 Å². The molecule has 0 aliphatic rings. The van der Waals surface area contributed by atoms with Crippen LogP contribution in [0.15, 0.2) is 0 Å². The average Bonchev–Trinajstić information content (AvgIpc) is 2.24. The second kappa shape index (κ2) is 6.86. The minimum absolute atomic E-state index is 0.0761. The molecule has 1 N–H and O–H groups in total. The van der Waals surface area contributed by atoms with E-state index in [-0.39, 0.29) is 17.6 Å². The van der Waals surface area contributed by atoms with E-state index in [1.54, 1.807) is 7.11 Å². The SMILES string of the molecule is CCC(C)(CC)OC(OC)[C@H](C)NC(C)=O. The number of ether oxygens (including phenoxy) is 2. The van der Waals surface area contributed by atoms with E-state index in [4.69, 9.17) is 9.47 Å². The van der Waals surface area contributed by atoms with Crippen molar-refractivity contribution in [3.05, 3.63) is 0 Å². The zero-order valence-electron chi connectivity index (χ0n) is 11.3. The second-order valence-electron chi connectivity index (χ2n) is 4.37. The van der Waals surface area contributed by atoms with Crippen molar-refractivity contribution in [2.75, 3.05) is 7.11 Å². The van der Waals surface area contributed by atoms with Gasteiger partial charge in [0, 0.05) is 14.0 Å². The summed E-state index contributed by atoms with van der Waals surface area (Å²) in [7, 11) is 1.59. The van der Waals surface area contributed by atoms with Gasteiger partial charge in [-0.3, -0.25) is 4.79 Å². The first-order valence-corrected chi connectivity index (χ1v) is 5.86. The van der Waals surface area contributed by atoms with Crippen LogP contribution in [0.25, 0.3) is 0 Å². The van der Waals surface area contributed by atoms with Gasteiger partial charge in [-0.25, -0.2) is 0 Å². The highest BCUT2D eigenvalue weighted by Gasteiger charge is 2.28. The van der Waals surface area contributed by atoms with E-state index in [0.717, 1.165) is 12.8 Å². The Bertz CT molecular complexity index is 214. The fourth-order valence-corrected chi connectivity index (χ4v) is 1.44. The van der Waals surface area contributed by atoms with Crippen molar-refractivity contribution in [3.8, 4) is 0 Å². The fraction of sp³-hybridized carbons (Fsp3) is 0.917. The van der Waals surface area contributed by atoms with Gasteiger partial charge >= 0.3 is 0 Å². The number of hydrogen-bond donors (Lipinski definition) is 1. The maximum Gasteiger partial charge on any atom is 0.217 e. The highest BCUT2D eigenvalue weighted by Crippen LogP contribution is 2.22. The van der Waals surface area contributed by atoms with E-state index in [9.17, 15) is 4.79 Å². The first kappa shape index (κ1) is 15.4. The van der Waals surface area contributed by atoms with Crippen LogP contribution in [0.4, 0.5) is 0 Å². The van der Waals surface area contributed by atoms with E-state index >= 15 is 0 Å². The van der Waals surface area contributed by atoms with Crippen molar-refractivity contribution >= 4 is 5.91 Å². The lowest BCUT2D eigenvalue weighted by Gasteiger charge is -2.34. The lowest BCUT2D eigenvalue weighted by Crippen LogP contribution is -2.46. The summed E-state index contributed by atoms with van der Waals surface area (Å²) in [5.74, 6) is -0.0761. The molecule has 96 valence electrons. The number of hydrogen-bond acceptors (Lipinski definition) is 3. The van der Waals surface area contributed by atoms with Crippen LogP contribution in [0.1, 0.15) is 47.5 Å². The predicted molar refractivity (Wildman–Crippen MR) is 64.1 cm³/mol. The first-order chi connectivity index (χ1) is 7.38. The Labute approximate surface area is 98.7 Å². The van der Waals surface area contributed by atoms with Crippen LogP contribution in [0.2, 0.25) is 0 Å². The quantitative estimate of drug-likeness (QED) is 0.682. The van der Waals surface area contributed by atoms with Gasteiger partial charge < -0.3 is 14.8 Å². The molecular formula is C12H25NO3. The highest BCUT2D eigenvalue weighted by molar-refractivity contribution is 5.73. The molecule has 0 aromatic carbocycles. The molecule has 0 spiro atoms. The minimum atomic E-state index is -0.409. The maximum absolute atomic E-state index is 11.0. The molecule has 0 bridgehead atoms. The highest BCUT2D eigenvalue weighted by atomic mass is 16.7. The monoisotopic (exact) mass is 231 g/mol. The fourth-order valence-electron chi connectivity index (χ4n) is 1.44. The third-order valence-electron chi connectivity index (χ3n) is 2.97. The Morgan fingerprint density at radius 3 is 2.19 bits per heavy atom. The summed E-state index contributed by atoms with van der Waals surface area (Å²) in [5.41, 5.74) is -0.201. The maximum atomic E-state index is 11.0. The summed E-state index contributed by atoms with van der Waals surface area (Å²) >= 11 is 0. The van der Waals surface area contributed by atoms with Crippen LogP contribution in [-0.2, 0) is 14.3 Å². The number of methoxy groups -OCH3 is 1. The van der Waals surface area contributed by atoms with Gasteiger partial charge in [-0.2, -0.15) is 0 Å². The van der Waals surface area contributed by atoms with Crippen molar-refractivity contribution in [2.24, 2.45) is 0 Å². The van der Waals surface area contributed by atoms with Gasteiger partial charge in [-0.15, -0.1) is 0 Å². The van der Waals surface area contributed by atoms with Crippen molar-refractivity contribution in [1.82, 2.24) is 5.32 Å². The summed E-state index contributed by atoms with van der Waals surface area (Å²) in [4.78, 5) is 11.0. The molecule has 0 heterocycles. The molecule has 0 saturated heterocycles.